The van der Waals surface area contributed by atoms with Crippen molar-refractivity contribution in [3.05, 3.63) is 151 Å². The first kappa shape index (κ1) is 37.8. The van der Waals surface area contributed by atoms with Crippen molar-refractivity contribution in [2.75, 3.05) is 20.1 Å². The van der Waals surface area contributed by atoms with Gasteiger partial charge in [-0.15, -0.1) is 22.7 Å². The molecule has 17 heteroatoms. The molecule has 0 fully saturated rings. The van der Waals surface area contributed by atoms with E-state index in [1.807, 2.05) is 0 Å². The Labute approximate surface area is 317 Å². The lowest BCUT2D eigenvalue weighted by atomic mass is 10.2. The highest BCUT2D eigenvalue weighted by Gasteiger charge is 2.21. The zero-order chi connectivity index (χ0) is 36.6. The van der Waals surface area contributed by atoms with Crippen LogP contribution in [0.15, 0.2) is 134 Å². The second kappa shape index (κ2) is 16.7. The number of hydrogen-bond donors (Lipinski definition) is 4. The van der Waals surface area contributed by atoms with E-state index in [0.717, 1.165) is 0 Å². The second-order valence-corrected chi connectivity index (χ2v) is 16.3. The van der Waals surface area contributed by atoms with Crippen molar-refractivity contribution in [3.8, 4) is 0 Å². The normalized spacial score (nSPS) is 11.1. The lowest BCUT2D eigenvalue weighted by molar-refractivity contribution is 0.102. The van der Waals surface area contributed by atoms with E-state index >= 15 is 0 Å². The highest BCUT2D eigenvalue weighted by molar-refractivity contribution is 7.93. The first-order valence-electron chi connectivity index (χ1n) is 14.4. The van der Waals surface area contributed by atoms with Gasteiger partial charge in [0.25, 0.3) is 31.9 Å². The molecule has 0 bridgehead atoms. The predicted octanol–water partition coefficient (Wildman–Crippen LogP) is 9.56. The van der Waals surface area contributed by atoms with Crippen molar-refractivity contribution in [1.82, 2.24) is 0 Å². The zero-order valence-electron chi connectivity index (χ0n) is 25.8. The van der Waals surface area contributed by atoms with Gasteiger partial charge in [0.1, 0.15) is 0 Å². The van der Waals surface area contributed by atoms with Gasteiger partial charge in [-0.25, -0.2) is 16.8 Å². The second-order valence-electron chi connectivity index (χ2n) is 10.3. The molecule has 10 nitrogen and oxygen atoms in total. The smallest absolute Gasteiger partial charge is 0.261 e. The molecule has 4 N–H and O–H groups in total. The molecular weight excluding hydrogens is 795 g/mol. The lowest BCUT2D eigenvalue weighted by Crippen LogP contribution is -2.17. The molecule has 0 spiro atoms. The zero-order valence-corrected chi connectivity index (χ0v) is 31.4. The molecule has 0 unspecified atom stereocenters. The molecule has 0 aliphatic carbocycles. The van der Waals surface area contributed by atoms with Crippen LogP contribution in [0.5, 0.6) is 0 Å². The van der Waals surface area contributed by atoms with Gasteiger partial charge in [-0.3, -0.25) is 19.0 Å². The summed E-state index contributed by atoms with van der Waals surface area (Å²) in [5.74, 6) is -0.921. The van der Waals surface area contributed by atoms with Gasteiger partial charge in [0.2, 0.25) is 0 Å². The van der Waals surface area contributed by atoms with Crippen molar-refractivity contribution in [2.45, 2.75) is 9.79 Å². The van der Waals surface area contributed by atoms with Crippen LogP contribution in [0.1, 0.15) is 20.7 Å². The van der Waals surface area contributed by atoms with Gasteiger partial charge >= 0.3 is 0 Å². The fourth-order valence-electron chi connectivity index (χ4n) is 4.27. The summed E-state index contributed by atoms with van der Waals surface area (Å²) in [7, 11) is -7.56. The standard InChI is InChI=1S/C17H12Cl2N2O3S2.C17H13ClN2O3S2/c18-13-7-4-8-14(16(13)19)20-17(22)12-9-25-10-15(12)21-26(23,24)11-5-2-1-3-6-11;18-12-5-4-6-13(9-12)19-17(21)15-10-24-11-16(15)20-25(22,23)14-7-2-1-3-8-14/h1-10,21H,(H,20,22);1-11,20H,(H,19,21). The maximum absolute atomic E-state index is 12.5. The van der Waals surface area contributed by atoms with Crippen LogP contribution in [-0.4, -0.2) is 28.6 Å². The van der Waals surface area contributed by atoms with Crippen LogP contribution in [0.3, 0.4) is 0 Å². The Morgan fingerprint density at radius 3 is 1.53 bits per heavy atom. The fourth-order valence-corrected chi connectivity index (χ4v) is 8.66. The summed E-state index contributed by atoms with van der Waals surface area (Å²) >= 11 is 20.3. The maximum atomic E-state index is 12.5. The van der Waals surface area contributed by atoms with E-state index in [9.17, 15) is 26.4 Å². The first-order chi connectivity index (χ1) is 24.3. The molecule has 2 heterocycles. The third-order valence-corrected chi connectivity index (χ3v) is 12.0. The Kier molecular flexibility index (Phi) is 12.4. The van der Waals surface area contributed by atoms with Gasteiger partial charge in [-0.2, -0.15) is 0 Å². The molecule has 0 atom stereocenters. The van der Waals surface area contributed by atoms with E-state index in [1.54, 1.807) is 100 Å². The number of amides is 2. The molecule has 262 valence electrons. The van der Waals surface area contributed by atoms with Crippen LogP contribution in [0.4, 0.5) is 22.7 Å². The Morgan fingerprint density at radius 1 is 0.529 bits per heavy atom. The van der Waals surface area contributed by atoms with E-state index in [1.165, 1.54) is 46.9 Å². The maximum Gasteiger partial charge on any atom is 0.261 e. The molecular formula is C34H25Cl3N4O6S4. The van der Waals surface area contributed by atoms with E-state index in [0.29, 0.717) is 21.4 Å². The summed E-state index contributed by atoms with van der Waals surface area (Å²) in [6.07, 6.45) is 0. The number of nitrogens with one attached hydrogen (secondary N) is 4. The van der Waals surface area contributed by atoms with Gasteiger partial charge in [0.15, 0.2) is 0 Å². The summed E-state index contributed by atoms with van der Waals surface area (Å²) < 4.78 is 54.6. The topological polar surface area (TPSA) is 151 Å². The SMILES string of the molecule is O=C(Nc1cccc(Cl)c1)c1cscc1NS(=O)(=O)c1ccccc1.O=C(Nc1cccc(Cl)c1Cl)c1cscc1NS(=O)(=O)c1ccccc1. The number of hydrogen-bond acceptors (Lipinski definition) is 8. The summed E-state index contributed by atoms with van der Waals surface area (Å²) in [5, 5.41) is 12.6. The predicted molar refractivity (Wildman–Crippen MR) is 207 cm³/mol. The van der Waals surface area contributed by atoms with Crippen molar-refractivity contribution in [2.24, 2.45) is 0 Å². The van der Waals surface area contributed by atoms with E-state index in [4.69, 9.17) is 34.8 Å². The van der Waals surface area contributed by atoms with Crippen molar-refractivity contribution < 1.29 is 26.4 Å². The molecule has 2 amide bonds. The lowest BCUT2D eigenvalue weighted by Gasteiger charge is -2.11. The number of benzene rings is 4. The van der Waals surface area contributed by atoms with Gasteiger partial charge in [-0.05, 0) is 54.6 Å². The minimum atomic E-state index is -3.80. The van der Waals surface area contributed by atoms with Crippen LogP contribution in [-0.2, 0) is 20.0 Å². The summed E-state index contributed by atoms with van der Waals surface area (Å²) in [5.41, 5.74) is 1.71. The third kappa shape index (κ3) is 9.89. The molecule has 0 saturated carbocycles. The Balaban J connectivity index is 0.000000198. The Morgan fingerprint density at radius 2 is 1.02 bits per heavy atom. The van der Waals surface area contributed by atoms with Crippen LogP contribution in [0, 0.1) is 0 Å². The van der Waals surface area contributed by atoms with Gasteiger partial charge in [-0.1, -0.05) is 83.3 Å². The molecule has 4 aromatic carbocycles. The summed E-state index contributed by atoms with van der Waals surface area (Å²) in [6, 6.07) is 27.4. The minimum absolute atomic E-state index is 0.107. The number of rotatable bonds is 10. The van der Waals surface area contributed by atoms with Crippen molar-refractivity contribution in [3.63, 3.8) is 0 Å². The summed E-state index contributed by atoms with van der Waals surface area (Å²) in [4.78, 5) is 25.2. The highest BCUT2D eigenvalue weighted by Crippen LogP contribution is 2.31. The van der Waals surface area contributed by atoms with E-state index in [-0.39, 0.29) is 37.3 Å². The molecule has 6 aromatic rings. The molecule has 0 radical (unpaired) electrons. The number of anilines is 4. The van der Waals surface area contributed by atoms with Crippen LogP contribution < -0.4 is 20.1 Å². The quantitative estimate of drug-likeness (QED) is 0.108. The number of halogens is 3. The number of sulfonamides is 2. The average Bonchev–Trinajstić information content (AvgIpc) is 3.77. The largest absolute Gasteiger partial charge is 0.322 e. The Bertz CT molecular complexity index is 2390. The summed E-state index contributed by atoms with van der Waals surface area (Å²) in [6.45, 7) is 0. The molecule has 6 rings (SSSR count). The van der Waals surface area contributed by atoms with Crippen LogP contribution in [0.2, 0.25) is 15.1 Å². The molecule has 0 saturated heterocycles. The highest BCUT2D eigenvalue weighted by atomic mass is 35.5. The number of thiophene rings is 2. The van der Waals surface area contributed by atoms with Crippen LogP contribution in [0.25, 0.3) is 0 Å². The molecule has 2 aromatic heterocycles. The number of carbonyl (C=O) groups excluding carboxylic acids is 2. The van der Waals surface area contributed by atoms with Crippen molar-refractivity contribution >= 4 is 112 Å². The minimum Gasteiger partial charge on any atom is -0.322 e. The molecule has 51 heavy (non-hydrogen) atoms. The van der Waals surface area contributed by atoms with Gasteiger partial charge in [0, 0.05) is 32.2 Å². The first-order valence-corrected chi connectivity index (χ1v) is 20.4. The Hall–Kier alpha value is -4.41. The molecule has 0 aliphatic heterocycles. The fraction of sp³-hybridized carbons (Fsp3) is 0. The van der Waals surface area contributed by atoms with Gasteiger partial charge < -0.3 is 10.6 Å². The van der Waals surface area contributed by atoms with E-state index in [2.05, 4.69) is 20.1 Å². The third-order valence-electron chi connectivity index (χ3n) is 6.69. The van der Waals surface area contributed by atoms with Gasteiger partial charge in [0.05, 0.1) is 48.0 Å². The molecule has 0 aliphatic rings. The van der Waals surface area contributed by atoms with Crippen LogP contribution >= 0.6 is 57.5 Å². The van der Waals surface area contributed by atoms with E-state index < -0.39 is 31.9 Å². The van der Waals surface area contributed by atoms with Crippen molar-refractivity contribution in [1.29, 1.82) is 0 Å². The number of carbonyl (C=O) groups is 2. The average molecular weight is 820 g/mol. The monoisotopic (exact) mass is 818 g/mol.